The Morgan fingerprint density at radius 1 is 1.25 bits per heavy atom. The number of aryl methyl sites for hydroxylation is 3. The van der Waals surface area contributed by atoms with Crippen LogP contribution >= 0.6 is 22.9 Å². The number of hydrogen-bond acceptors (Lipinski definition) is 4. The molecule has 1 amide bonds. The molecule has 0 aliphatic heterocycles. The van der Waals surface area contributed by atoms with Crippen molar-refractivity contribution in [2.45, 2.75) is 20.8 Å². The third kappa shape index (κ3) is 4.94. The molecule has 0 spiro atoms. The molecular formula is C18H18ClNO3S. The summed E-state index contributed by atoms with van der Waals surface area (Å²) in [7, 11) is 0. The van der Waals surface area contributed by atoms with Gasteiger partial charge in [-0.25, -0.2) is 4.79 Å². The zero-order valence-corrected chi connectivity index (χ0v) is 15.3. The molecule has 24 heavy (non-hydrogen) atoms. The van der Waals surface area contributed by atoms with Crippen LogP contribution in [0.25, 0.3) is 6.08 Å². The smallest absolute Gasteiger partial charge is 0.331 e. The summed E-state index contributed by atoms with van der Waals surface area (Å²) in [6.45, 7) is 5.37. The van der Waals surface area contributed by atoms with Gasteiger partial charge < -0.3 is 10.1 Å². The van der Waals surface area contributed by atoms with Crippen molar-refractivity contribution in [3.63, 3.8) is 0 Å². The summed E-state index contributed by atoms with van der Waals surface area (Å²) in [5.41, 5.74) is 3.49. The topological polar surface area (TPSA) is 55.4 Å². The molecule has 2 aromatic rings. The Kier molecular flexibility index (Phi) is 6.17. The van der Waals surface area contributed by atoms with Gasteiger partial charge in [0.05, 0.1) is 10.7 Å². The average molecular weight is 364 g/mol. The van der Waals surface area contributed by atoms with E-state index in [-0.39, 0.29) is 6.61 Å². The van der Waals surface area contributed by atoms with Gasteiger partial charge >= 0.3 is 5.97 Å². The predicted octanol–water partition coefficient (Wildman–Crippen LogP) is 4.52. The number of carbonyl (C=O) groups is 2. The van der Waals surface area contributed by atoms with E-state index in [1.54, 1.807) is 12.1 Å². The quantitative estimate of drug-likeness (QED) is 0.627. The van der Waals surface area contributed by atoms with Crippen LogP contribution in [-0.2, 0) is 14.3 Å². The highest BCUT2D eigenvalue weighted by Crippen LogP contribution is 2.27. The lowest BCUT2D eigenvalue weighted by Crippen LogP contribution is -2.20. The summed E-state index contributed by atoms with van der Waals surface area (Å²) in [4.78, 5) is 24.6. The second-order valence-electron chi connectivity index (χ2n) is 5.40. The van der Waals surface area contributed by atoms with Crippen LogP contribution in [0.5, 0.6) is 0 Å². The van der Waals surface area contributed by atoms with Crippen LogP contribution in [0.4, 0.5) is 5.69 Å². The summed E-state index contributed by atoms with van der Waals surface area (Å²) in [5, 5.41) is 5.07. The molecule has 1 aromatic carbocycles. The molecule has 0 bridgehead atoms. The van der Waals surface area contributed by atoms with Gasteiger partial charge in [-0.05, 0) is 61.1 Å². The average Bonchev–Trinajstić information content (AvgIpc) is 2.92. The number of ether oxygens (including phenoxy) is 1. The van der Waals surface area contributed by atoms with Crippen LogP contribution in [0.3, 0.4) is 0 Å². The van der Waals surface area contributed by atoms with Crippen molar-refractivity contribution in [1.82, 2.24) is 0 Å². The number of thiophene rings is 1. The molecule has 0 aliphatic carbocycles. The first-order chi connectivity index (χ1) is 11.4. The maximum atomic E-state index is 11.9. The van der Waals surface area contributed by atoms with E-state index in [1.165, 1.54) is 17.4 Å². The van der Waals surface area contributed by atoms with Crippen LogP contribution in [0.1, 0.15) is 21.6 Å². The number of halogens is 1. The fourth-order valence-electron chi connectivity index (χ4n) is 2.13. The second kappa shape index (κ2) is 8.13. The fourth-order valence-corrected chi connectivity index (χ4v) is 3.32. The normalized spacial score (nSPS) is 10.8. The van der Waals surface area contributed by atoms with Crippen molar-refractivity contribution in [1.29, 1.82) is 0 Å². The molecule has 4 nitrogen and oxygen atoms in total. The minimum Gasteiger partial charge on any atom is -0.452 e. The molecule has 0 saturated heterocycles. The Balaban J connectivity index is 1.88. The molecule has 1 aromatic heterocycles. The first-order valence-electron chi connectivity index (χ1n) is 7.32. The van der Waals surface area contributed by atoms with Crippen LogP contribution in [0.2, 0.25) is 5.02 Å². The molecule has 0 atom stereocenters. The lowest BCUT2D eigenvalue weighted by atomic mass is 10.1. The number of anilines is 1. The largest absolute Gasteiger partial charge is 0.452 e. The zero-order valence-electron chi connectivity index (χ0n) is 13.7. The maximum absolute atomic E-state index is 11.9. The molecule has 126 valence electrons. The molecule has 0 unspecified atom stereocenters. The molecular weight excluding hydrogens is 346 g/mol. The van der Waals surface area contributed by atoms with E-state index in [1.807, 2.05) is 38.3 Å². The van der Waals surface area contributed by atoms with Gasteiger partial charge in [-0.3, -0.25) is 4.79 Å². The van der Waals surface area contributed by atoms with Gasteiger partial charge in [-0.1, -0.05) is 17.7 Å². The Labute approximate surface area is 150 Å². The standard InChI is InChI=1S/C18H18ClNO3S/c1-11-8-13(3)18(14(19)9-11)20-16(21)10-23-17(22)5-4-15-12(2)6-7-24-15/h4-9H,10H2,1-3H3,(H,20,21)/b5-4+. The third-order valence-electron chi connectivity index (χ3n) is 3.31. The van der Waals surface area contributed by atoms with E-state index in [0.717, 1.165) is 21.6 Å². The Hall–Kier alpha value is -2.11. The number of amides is 1. The van der Waals surface area contributed by atoms with Crippen molar-refractivity contribution in [2.24, 2.45) is 0 Å². The van der Waals surface area contributed by atoms with Crippen LogP contribution in [0, 0.1) is 20.8 Å². The summed E-state index contributed by atoms with van der Waals surface area (Å²) >= 11 is 7.66. The first kappa shape index (κ1) is 18.2. The molecule has 0 fully saturated rings. The SMILES string of the molecule is Cc1cc(C)c(NC(=O)COC(=O)/C=C/c2sccc2C)c(Cl)c1. The Bertz CT molecular complexity index is 772. The minimum absolute atomic E-state index is 0.365. The molecule has 6 heteroatoms. The van der Waals surface area contributed by atoms with Crippen molar-refractivity contribution in [3.8, 4) is 0 Å². The lowest BCUT2D eigenvalue weighted by molar-refractivity contribution is -0.142. The number of benzene rings is 1. The van der Waals surface area contributed by atoms with Gasteiger partial charge in [-0.15, -0.1) is 11.3 Å². The zero-order chi connectivity index (χ0) is 17.7. The number of carbonyl (C=O) groups excluding carboxylic acids is 2. The highest BCUT2D eigenvalue weighted by atomic mass is 35.5. The monoisotopic (exact) mass is 363 g/mol. The number of nitrogens with one attached hydrogen (secondary N) is 1. The van der Waals surface area contributed by atoms with Gasteiger partial charge in [-0.2, -0.15) is 0 Å². The summed E-state index contributed by atoms with van der Waals surface area (Å²) in [6.07, 6.45) is 3.00. The fraction of sp³-hybridized carbons (Fsp3) is 0.222. The van der Waals surface area contributed by atoms with E-state index in [0.29, 0.717) is 10.7 Å². The second-order valence-corrected chi connectivity index (χ2v) is 6.75. The van der Waals surface area contributed by atoms with E-state index in [9.17, 15) is 9.59 Å². The third-order valence-corrected chi connectivity index (χ3v) is 4.60. The number of hydrogen-bond donors (Lipinski definition) is 1. The summed E-state index contributed by atoms with van der Waals surface area (Å²) in [5.74, 6) is -0.998. The molecule has 2 rings (SSSR count). The van der Waals surface area contributed by atoms with Gasteiger partial charge in [0.2, 0.25) is 0 Å². The van der Waals surface area contributed by atoms with E-state index in [2.05, 4.69) is 5.32 Å². The van der Waals surface area contributed by atoms with Gasteiger partial charge in [0, 0.05) is 11.0 Å². The van der Waals surface area contributed by atoms with E-state index >= 15 is 0 Å². The molecule has 0 saturated carbocycles. The van der Waals surface area contributed by atoms with Gasteiger partial charge in [0.1, 0.15) is 0 Å². The van der Waals surface area contributed by atoms with Crippen LogP contribution in [-0.4, -0.2) is 18.5 Å². The predicted molar refractivity (Wildman–Crippen MR) is 98.6 cm³/mol. The van der Waals surface area contributed by atoms with Crippen LogP contribution in [0.15, 0.2) is 29.7 Å². The highest BCUT2D eigenvalue weighted by molar-refractivity contribution is 7.11. The highest BCUT2D eigenvalue weighted by Gasteiger charge is 2.11. The molecule has 0 aliphatic rings. The lowest BCUT2D eigenvalue weighted by Gasteiger charge is -2.11. The number of esters is 1. The first-order valence-corrected chi connectivity index (χ1v) is 8.58. The van der Waals surface area contributed by atoms with Crippen LogP contribution < -0.4 is 5.32 Å². The number of rotatable bonds is 5. The minimum atomic E-state index is -0.565. The van der Waals surface area contributed by atoms with Crippen molar-refractivity contribution >= 4 is 46.6 Å². The summed E-state index contributed by atoms with van der Waals surface area (Å²) < 4.78 is 4.94. The molecule has 1 heterocycles. The van der Waals surface area contributed by atoms with E-state index in [4.69, 9.17) is 16.3 Å². The van der Waals surface area contributed by atoms with Crippen molar-refractivity contribution in [3.05, 3.63) is 56.2 Å². The van der Waals surface area contributed by atoms with Gasteiger partial charge in [0.25, 0.3) is 5.91 Å². The van der Waals surface area contributed by atoms with Crippen molar-refractivity contribution < 1.29 is 14.3 Å². The Morgan fingerprint density at radius 2 is 2.00 bits per heavy atom. The van der Waals surface area contributed by atoms with Gasteiger partial charge in [0.15, 0.2) is 6.61 Å². The van der Waals surface area contributed by atoms with Crippen molar-refractivity contribution in [2.75, 3.05) is 11.9 Å². The molecule has 1 N–H and O–H groups in total. The molecule has 0 radical (unpaired) electrons. The van der Waals surface area contributed by atoms with E-state index < -0.39 is 11.9 Å². The Morgan fingerprint density at radius 3 is 2.62 bits per heavy atom. The maximum Gasteiger partial charge on any atom is 0.331 e. The summed E-state index contributed by atoms with van der Waals surface area (Å²) in [6, 6.07) is 5.65.